The Hall–Kier alpha value is -0.930. The molecule has 2 fully saturated rings. The average Bonchev–Trinajstić information content (AvgIpc) is 2.48. The van der Waals surface area contributed by atoms with Gasteiger partial charge in [0.1, 0.15) is 5.82 Å². The van der Waals surface area contributed by atoms with Gasteiger partial charge in [-0.2, -0.15) is 0 Å². The second-order valence-electron chi connectivity index (χ2n) is 6.70. The minimum Gasteiger partial charge on any atom is -0.314 e. The van der Waals surface area contributed by atoms with Crippen molar-refractivity contribution < 1.29 is 4.39 Å². The van der Waals surface area contributed by atoms with Gasteiger partial charge in [0, 0.05) is 6.04 Å². The molecule has 1 N–H and O–H groups in total. The van der Waals surface area contributed by atoms with Crippen molar-refractivity contribution in [2.75, 3.05) is 26.2 Å². The molecule has 1 heterocycles. The van der Waals surface area contributed by atoms with E-state index in [0.717, 1.165) is 5.92 Å². The molecule has 3 rings (SSSR count). The molecule has 1 saturated heterocycles. The van der Waals surface area contributed by atoms with Gasteiger partial charge in [0.2, 0.25) is 0 Å². The van der Waals surface area contributed by atoms with E-state index in [0.29, 0.717) is 12.0 Å². The fourth-order valence-corrected chi connectivity index (χ4v) is 3.63. The van der Waals surface area contributed by atoms with Crippen molar-refractivity contribution in [2.45, 2.75) is 44.6 Å². The zero-order chi connectivity index (χ0) is 14.7. The molecule has 1 aliphatic heterocycles. The van der Waals surface area contributed by atoms with Crippen LogP contribution in [0, 0.1) is 11.7 Å². The molecule has 0 spiro atoms. The Kier molecular flexibility index (Phi) is 4.91. The van der Waals surface area contributed by atoms with E-state index in [1.165, 1.54) is 57.4 Å². The maximum Gasteiger partial charge on any atom is 0.123 e. The van der Waals surface area contributed by atoms with E-state index in [1.807, 2.05) is 12.1 Å². The molecule has 0 radical (unpaired) electrons. The number of piperidine rings is 1. The van der Waals surface area contributed by atoms with E-state index in [2.05, 4.69) is 17.1 Å². The van der Waals surface area contributed by atoms with Crippen molar-refractivity contribution in [3.8, 4) is 0 Å². The van der Waals surface area contributed by atoms with E-state index in [9.17, 15) is 4.39 Å². The molecule has 116 valence electrons. The highest BCUT2D eigenvalue weighted by atomic mass is 19.1. The van der Waals surface area contributed by atoms with Gasteiger partial charge in [0.15, 0.2) is 0 Å². The van der Waals surface area contributed by atoms with Crippen LogP contribution in [0.1, 0.15) is 44.1 Å². The van der Waals surface area contributed by atoms with Gasteiger partial charge in [0.05, 0.1) is 0 Å². The zero-order valence-corrected chi connectivity index (χ0v) is 13.0. The van der Waals surface area contributed by atoms with Gasteiger partial charge in [-0.3, -0.25) is 0 Å². The number of likely N-dealkylation sites (tertiary alicyclic amines) is 1. The third-order valence-corrected chi connectivity index (χ3v) is 5.33. The predicted molar refractivity (Wildman–Crippen MR) is 85.0 cm³/mol. The predicted octanol–water partition coefficient (Wildman–Crippen LogP) is 3.39. The van der Waals surface area contributed by atoms with Crippen LogP contribution in [0.2, 0.25) is 0 Å². The highest BCUT2D eigenvalue weighted by Gasteiger charge is 2.30. The quantitative estimate of drug-likeness (QED) is 0.894. The van der Waals surface area contributed by atoms with Gasteiger partial charge in [0.25, 0.3) is 0 Å². The lowest BCUT2D eigenvalue weighted by Gasteiger charge is -2.38. The first kappa shape index (κ1) is 15.0. The summed E-state index contributed by atoms with van der Waals surface area (Å²) < 4.78 is 12.9. The third-order valence-electron chi connectivity index (χ3n) is 5.33. The van der Waals surface area contributed by atoms with Gasteiger partial charge in [-0.1, -0.05) is 19.1 Å². The highest BCUT2D eigenvalue weighted by Crippen LogP contribution is 2.37. The topological polar surface area (TPSA) is 15.3 Å². The molecule has 21 heavy (non-hydrogen) atoms. The first-order chi connectivity index (χ1) is 10.2. The first-order valence-electron chi connectivity index (χ1n) is 8.45. The molecule has 1 aliphatic carbocycles. The highest BCUT2D eigenvalue weighted by molar-refractivity contribution is 5.23. The van der Waals surface area contributed by atoms with Crippen molar-refractivity contribution in [2.24, 2.45) is 5.92 Å². The van der Waals surface area contributed by atoms with Crippen LogP contribution in [0.4, 0.5) is 4.39 Å². The molecule has 2 aliphatic rings. The third kappa shape index (κ3) is 3.83. The number of nitrogens with zero attached hydrogens (tertiary/aromatic N) is 1. The maximum absolute atomic E-state index is 12.9. The molecule has 0 unspecified atom stereocenters. The largest absolute Gasteiger partial charge is 0.314 e. The summed E-state index contributed by atoms with van der Waals surface area (Å²) in [5.41, 5.74) is 1.30. The van der Waals surface area contributed by atoms with Crippen LogP contribution < -0.4 is 5.32 Å². The number of halogens is 1. The fraction of sp³-hybridized carbons (Fsp3) is 0.667. The number of rotatable bonds is 5. The monoisotopic (exact) mass is 290 g/mol. The van der Waals surface area contributed by atoms with E-state index < -0.39 is 0 Å². The summed E-state index contributed by atoms with van der Waals surface area (Å²) >= 11 is 0. The smallest absolute Gasteiger partial charge is 0.123 e. The molecular formula is C18H27FN2. The second kappa shape index (κ2) is 6.89. The molecule has 1 aromatic carbocycles. The summed E-state index contributed by atoms with van der Waals surface area (Å²) in [6.45, 7) is 7.17. The zero-order valence-electron chi connectivity index (χ0n) is 13.0. The van der Waals surface area contributed by atoms with Gasteiger partial charge < -0.3 is 10.2 Å². The lowest BCUT2D eigenvalue weighted by molar-refractivity contribution is 0.179. The van der Waals surface area contributed by atoms with Crippen molar-refractivity contribution >= 4 is 0 Å². The Bertz CT molecular complexity index is 431. The summed E-state index contributed by atoms with van der Waals surface area (Å²) in [6, 6.07) is 7.71. The first-order valence-corrected chi connectivity index (χ1v) is 8.45. The number of nitrogens with one attached hydrogen (secondary N) is 1. The SMILES string of the molecule is CCN1CCC(CNC2CC(c3ccc(F)cc3)C2)CC1. The van der Waals surface area contributed by atoms with E-state index >= 15 is 0 Å². The lowest BCUT2D eigenvalue weighted by Crippen LogP contribution is -2.44. The van der Waals surface area contributed by atoms with Crippen LogP contribution in [-0.4, -0.2) is 37.1 Å². The van der Waals surface area contributed by atoms with Crippen LogP contribution in [0.15, 0.2) is 24.3 Å². The summed E-state index contributed by atoms with van der Waals surface area (Å²) in [6.07, 6.45) is 5.10. The van der Waals surface area contributed by atoms with Gasteiger partial charge in [-0.05, 0) is 81.4 Å². The van der Waals surface area contributed by atoms with Crippen molar-refractivity contribution in [3.63, 3.8) is 0 Å². The molecule has 2 nitrogen and oxygen atoms in total. The van der Waals surface area contributed by atoms with Crippen LogP contribution in [0.5, 0.6) is 0 Å². The van der Waals surface area contributed by atoms with Crippen molar-refractivity contribution in [1.82, 2.24) is 10.2 Å². The Labute approximate surface area is 127 Å². The summed E-state index contributed by atoms with van der Waals surface area (Å²) in [5, 5.41) is 3.74. The van der Waals surface area contributed by atoms with Crippen LogP contribution >= 0.6 is 0 Å². The minimum atomic E-state index is -0.133. The minimum absolute atomic E-state index is 0.133. The van der Waals surface area contributed by atoms with Crippen LogP contribution in [0.25, 0.3) is 0 Å². The molecular weight excluding hydrogens is 263 g/mol. The number of hydrogen-bond donors (Lipinski definition) is 1. The fourth-order valence-electron chi connectivity index (χ4n) is 3.63. The summed E-state index contributed by atoms with van der Waals surface area (Å²) in [4.78, 5) is 2.55. The molecule has 0 bridgehead atoms. The van der Waals surface area contributed by atoms with Crippen molar-refractivity contribution in [3.05, 3.63) is 35.6 Å². The standard InChI is InChI=1S/C18H27FN2/c1-2-21-9-7-14(8-10-21)13-20-18-11-16(12-18)15-3-5-17(19)6-4-15/h3-6,14,16,18,20H,2,7-13H2,1H3. The Morgan fingerprint density at radius 2 is 1.81 bits per heavy atom. The van der Waals surface area contributed by atoms with Gasteiger partial charge in [-0.25, -0.2) is 4.39 Å². The molecule has 0 atom stereocenters. The second-order valence-corrected chi connectivity index (χ2v) is 6.70. The number of benzene rings is 1. The van der Waals surface area contributed by atoms with Crippen molar-refractivity contribution in [1.29, 1.82) is 0 Å². The van der Waals surface area contributed by atoms with Gasteiger partial charge in [-0.15, -0.1) is 0 Å². The Morgan fingerprint density at radius 3 is 2.43 bits per heavy atom. The summed E-state index contributed by atoms with van der Waals surface area (Å²) in [5.74, 6) is 1.36. The molecule has 1 saturated carbocycles. The molecule has 0 amide bonds. The maximum atomic E-state index is 12.9. The average molecular weight is 290 g/mol. The van der Waals surface area contributed by atoms with Crippen LogP contribution in [-0.2, 0) is 0 Å². The van der Waals surface area contributed by atoms with E-state index in [-0.39, 0.29) is 5.82 Å². The summed E-state index contributed by atoms with van der Waals surface area (Å²) in [7, 11) is 0. The Morgan fingerprint density at radius 1 is 1.14 bits per heavy atom. The number of hydrogen-bond acceptors (Lipinski definition) is 2. The van der Waals surface area contributed by atoms with E-state index in [1.54, 1.807) is 12.1 Å². The molecule has 0 aromatic heterocycles. The normalized spacial score (nSPS) is 27.5. The molecule has 3 heteroatoms. The Balaban J connectivity index is 1.35. The van der Waals surface area contributed by atoms with Crippen LogP contribution in [0.3, 0.4) is 0 Å². The lowest BCUT2D eigenvalue weighted by atomic mass is 9.75. The van der Waals surface area contributed by atoms with Gasteiger partial charge >= 0.3 is 0 Å². The molecule has 1 aromatic rings. The van der Waals surface area contributed by atoms with E-state index in [4.69, 9.17) is 0 Å².